The smallest absolute Gasteiger partial charge is 0.321 e. The highest BCUT2D eigenvalue weighted by atomic mass is 16.5. The van der Waals surface area contributed by atoms with E-state index in [9.17, 15) is 10.1 Å². The van der Waals surface area contributed by atoms with Crippen molar-refractivity contribution in [2.75, 3.05) is 0 Å². The number of nitriles is 1. The summed E-state index contributed by atoms with van der Waals surface area (Å²) in [5, 5.41) is 9.84. The molecule has 39 heavy (non-hydrogen) atoms. The third-order valence-electron chi connectivity index (χ3n) is 8.61. The maximum atomic E-state index is 13.8. The van der Waals surface area contributed by atoms with E-state index in [0.717, 1.165) is 62.5 Å². The van der Waals surface area contributed by atoms with Gasteiger partial charge in [-0.3, -0.25) is 4.79 Å². The highest BCUT2D eigenvalue weighted by Crippen LogP contribution is 2.41. The van der Waals surface area contributed by atoms with Gasteiger partial charge in [0.2, 0.25) is 0 Å². The Bertz CT molecular complexity index is 1030. The normalized spacial score (nSPS) is 14.6. The first-order valence-corrected chi connectivity index (χ1v) is 16.0. The largest absolute Gasteiger partial charge is 0.424 e. The second kappa shape index (κ2) is 17.2. The predicted octanol–water partition coefficient (Wildman–Crippen LogP) is 10.2. The Balaban J connectivity index is 1.63. The Kier molecular flexibility index (Phi) is 13.6. The number of ether oxygens (including phenoxy) is 1. The van der Waals surface area contributed by atoms with Crippen molar-refractivity contribution in [3.63, 3.8) is 0 Å². The fourth-order valence-electron chi connectivity index (χ4n) is 6.08. The molecule has 1 saturated carbocycles. The van der Waals surface area contributed by atoms with Crippen LogP contribution >= 0.6 is 0 Å². The van der Waals surface area contributed by atoms with E-state index in [1.807, 2.05) is 18.2 Å². The zero-order valence-electron chi connectivity index (χ0n) is 24.7. The summed E-state index contributed by atoms with van der Waals surface area (Å²) in [4.78, 5) is 13.8. The molecule has 0 bridgehead atoms. The minimum atomic E-state index is -0.624. The molecule has 3 nitrogen and oxygen atoms in total. The van der Waals surface area contributed by atoms with Crippen molar-refractivity contribution in [2.24, 2.45) is 0 Å². The summed E-state index contributed by atoms with van der Waals surface area (Å²) in [6, 6.07) is 16.8. The molecule has 0 amide bonds. The molecule has 1 aliphatic carbocycles. The van der Waals surface area contributed by atoms with Crippen LogP contribution in [0.2, 0.25) is 0 Å². The van der Waals surface area contributed by atoms with Gasteiger partial charge in [0.05, 0.1) is 11.0 Å². The molecule has 0 radical (unpaired) electrons. The molecule has 1 fully saturated rings. The van der Waals surface area contributed by atoms with Crippen LogP contribution in [0.4, 0.5) is 0 Å². The minimum absolute atomic E-state index is 0.203. The van der Waals surface area contributed by atoms with Crippen LogP contribution in [0.25, 0.3) is 0 Å². The van der Waals surface area contributed by atoms with Crippen LogP contribution in [0, 0.1) is 11.3 Å². The fraction of sp³-hybridized carbons (Fsp3) is 0.611. The highest BCUT2D eigenvalue weighted by molar-refractivity contribution is 5.85. The second-order valence-electron chi connectivity index (χ2n) is 11.7. The lowest BCUT2D eigenvalue weighted by atomic mass is 9.69. The summed E-state index contributed by atoms with van der Waals surface area (Å²) in [6.07, 6.45) is 22.2. The first-order valence-electron chi connectivity index (χ1n) is 16.0. The van der Waals surface area contributed by atoms with Crippen LogP contribution < -0.4 is 4.74 Å². The van der Waals surface area contributed by atoms with E-state index in [1.165, 1.54) is 76.2 Å². The molecule has 0 N–H and O–H groups in total. The topological polar surface area (TPSA) is 50.1 Å². The van der Waals surface area contributed by atoms with E-state index in [0.29, 0.717) is 11.3 Å². The molecule has 0 atom stereocenters. The highest BCUT2D eigenvalue weighted by Gasteiger charge is 2.43. The Morgan fingerprint density at radius 2 is 1.28 bits per heavy atom. The SMILES string of the molecule is CCCCCCCCc1ccc(C2(C(=O)Oc3ccc(CCCCCCCC)cc3C#N)CCCCC2)cc1. The molecule has 0 saturated heterocycles. The van der Waals surface area contributed by atoms with Crippen molar-refractivity contribution in [1.82, 2.24) is 0 Å². The molecule has 3 heteroatoms. The number of rotatable bonds is 17. The Labute approximate surface area is 238 Å². The molecule has 212 valence electrons. The number of esters is 1. The number of aryl methyl sites for hydroxylation is 2. The monoisotopic (exact) mass is 529 g/mol. The van der Waals surface area contributed by atoms with Gasteiger partial charge in [-0.2, -0.15) is 5.26 Å². The molecule has 0 heterocycles. The third kappa shape index (κ3) is 9.52. The average Bonchev–Trinajstić information content (AvgIpc) is 2.98. The lowest BCUT2D eigenvalue weighted by molar-refractivity contribution is -0.142. The van der Waals surface area contributed by atoms with Crippen LogP contribution in [0.15, 0.2) is 42.5 Å². The number of carbonyl (C=O) groups is 1. The molecule has 3 rings (SSSR count). The maximum Gasteiger partial charge on any atom is 0.321 e. The number of hydrogen-bond donors (Lipinski definition) is 0. The zero-order chi connectivity index (χ0) is 27.8. The Morgan fingerprint density at radius 1 is 0.744 bits per heavy atom. The molecular weight excluding hydrogens is 478 g/mol. The standard InChI is InChI=1S/C36H51NO2/c1-3-5-7-9-11-14-18-30-20-23-33(24-21-30)36(26-16-13-17-27-36)35(38)39-34-25-22-31(28-32(34)29-37)19-15-12-10-8-6-4-2/h20-25,28H,3-19,26-27H2,1-2H3. The van der Waals surface area contributed by atoms with Crippen molar-refractivity contribution < 1.29 is 9.53 Å². The van der Waals surface area contributed by atoms with E-state index in [-0.39, 0.29) is 5.97 Å². The lowest BCUT2D eigenvalue weighted by Crippen LogP contribution is -2.41. The Hall–Kier alpha value is -2.60. The zero-order valence-corrected chi connectivity index (χ0v) is 24.7. The molecule has 0 unspecified atom stereocenters. The summed E-state index contributed by atoms with van der Waals surface area (Å²) in [7, 11) is 0. The van der Waals surface area contributed by atoms with E-state index >= 15 is 0 Å². The summed E-state index contributed by atoms with van der Waals surface area (Å²) in [6.45, 7) is 4.49. The van der Waals surface area contributed by atoms with E-state index in [2.05, 4.69) is 44.2 Å². The molecule has 0 aromatic heterocycles. The van der Waals surface area contributed by atoms with Gasteiger partial charge < -0.3 is 4.74 Å². The van der Waals surface area contributed by atoms with Gasteiger partial charge in [0.25, 0.3) is 0 Å². The Morgan fingerprint density at radius 3 is 1.87 bits per heavy atom. The minimum Gasteiger partial charge on any atom is -0.424 e. The van der Waals surface area contributed by atoms with Crippen LogP contribution in [0.1, 0.15) is 145 Å². The number of nitrogens with zero attached hydrogens (tertiary/aromatic N) is 1. The van der Waals surface area contributed by atoms with Gasteiger partial charge in [-0.25, -0.2) is 0 Å². The van der Waals surface area contributed by atoms with Gasteiger partial charge in [0.15, 0.2) is 0 Å². The van der Waals surface area contributed by atoms with Crippen LogP contribution in [-0.4, -0.2) is 5.97 Å². The number of hydrogen-bond acceptors (Lipinski definition) is 3. The van der Waals surface area contributed by atoms with Gasteiger partial charge in [0, 0.05) is 0 Å². The molecular formula is C36H51NO2. The van der Waals surface area contributed by atoms with Gasteiger partial charge in [0.1, 0.15) is 11.8 Å². The van der Waals surface area contributed by atoms with Crippen molar-refractivity contribution in [2.45, 2.75) is 141 Å². The molecule has 2 aromatic rings. The van der Waals surface area contributed by atoms with Crippen molar-refractivity contribution >= 4 is 5.97 Å². The maximum absolute atomic E-state index is 13.8. The number of carbonyl (C=O) groups excluding carboxylic acids is 1. The van der Waals surface area contributed by atoms with E-state index < -0.39 is 5.41 Å². The lowest BCUT2D eigenvalue weighted by Gasteiger charge is -2.35. The van der Waals surface area contributed by atoms with E-state index in [1.54, 1.807) is 0 Å². The molecule has 1 aliphatic rings. The van der Waals surface area contributed by atoms with E-state index in [4.69, 9.17) is 4.74 Å². The first-order chi connectivity index (χ1) is 19.1. The van der Waals surface area contributed by atoms with Gasteiger partial charge in [-0.05, 0) is 67.3 Å². The number of benzene rings is 2. The van der Waals surface area contributed by atoms with Gasteiger partial charge in [-0.1, -0.05) is 128 Å². The first kappa shape index (κ1) is 30.9. The second-order valence-corrected chi connectivity index (χ2v) is 11.7. The average molecular weight is 530 g/mol. The summed E-state index contributed by atoms with van der Waals surface area (Å²) in [5.74, 6) is 0.199. The molecule has 0 spiro atoms. The van der Waals surface area contributed by atoms with Crippen LogP contribution in [0.3, 0.4) is 0 Å². The van der Waals surface area contributed by atoms with Crippen LogP contribution in [-0.2, 0) is 23.1 Å². The third-order valence-corrected chi connectivity index (χ3v) is 8.61. The molecule has 2 aromatic carbocycles. The quantitative estimate of drug-likeness (QED) is 0.116. The fourth-order valence-corrected chi connectivity index (χ4v) is 6.08. The number of unbranched alkanes of at least 4 members (excludes halogenated alkanes) is 10. The van der Waals surface area contributed by atoms with Crippen molar-refractivity contribution in [1.29, 1.82) is 5.26 Å². The van der Waals surface area contributed by atoms with Gasteiger partial charge in [-0.15, -0.1) is 0 Å². The van der Waals surface area contributed by atoms with Crippen molar-refractivity contribution in [3.05, 3.63) is 64.7 Å². The predicted molar refractivity (Wildman–Crippen MR) is 162 cm³/mol. The van der Waals surface area contributed by atoms with Crippen LogP contribution in [0.5, 0.6) is 5.75 Å². The molecule has 0 aliphatic heterocycles. The summed E-state index contributed by atoms with van der Waals surface area (Å²) < 4.78 is 6.04. The summed E-state index contributed by atoms with van der Waals surface area (Å²) >= 11 is 0. The summed E-state index contributed by atoms with van der Waals surface area (Å²) in [5.41, 5.74) is 3.40. The van der Waals surface area contributed by atoms with Gasteiger partial charge >= 0.3 is 5.97 Å². The van der Waals surface area contributed by atoms with Crippen molar-refractivity contribution in [3.8, 4) is 11.8 Å².